The summed E-state index contributed by atoms with van der Waals surface area (Å²) in [6.07, 6.45) is 5.09. The first-order valence-electron chi connectivity index (χ1n) is 6.17. The van der Waals surface area contributed by atoms with E-state index in [4.69, 9.17) is 0 Å². The fourth-order valence-electron chi connectivity index (χ4n) is 1.65. The zero-order chi connectivity index (χ0) is 11.6. The molecular formula is C13H24N2S. The summed E-state index contributed by atoms with van der Waals surface area (Å²) in [6.45, 7) is 3.50. The lowest BCUT2D eigenvalue weighted by atomic mass is 10.2. The second-order valence-electron chi connectivity index (χ2n) is 4.44. The number of unbranched alkanes of at least 4 members (excludes halogenated alkanes) is 1. The third-order valence-electron chi connectivity index (χ3n) is 2.57. The van der Waals surface area contributed by atoms with Gasteiger partial charge in [0.25, 0.3) is 0 Å². The minimum atomic E-state index is 1.15. The van der Waals surface area contributed by atoms with Gasteiger partial charge in [0.15, 0.2) is 0 Å². The highest BCUT2D eigenvalue weighted by atomic mass is 32.1. The molecule has 1 rings (SSSR count). The molecule has 92 valence electrons. The Bertz CT molecular complexity index is 244. The molecule has 0 atom stereocenters. The van der Waals surface area contributed by atoms with E-state index in [9.17, 15) is 0 Å². The molecule has 1 heterocycles. The van der Waals surface area contributed by atoms with Crippen LogP contribution in [0.3, 0.4) is 0 Å². The Kier molecular flexibility index (Phi) is 7.47. The Morgan fingerprint density at radius 1 is 1.19 bits per heavy atom. The zero-order valence-corrected chi connectivity index (χ0v) is 11.4. The van der Waals surface area contributed by atoms with E-state index in [1.54, 1.807) is 0 Å². The number of aryl methyl sites for hydroxylation is 1. The molecule has 0 fully saturated rings. The van der Waals surface area contributed by atoms with Gasteiger partial charge >= 0.3 is 0 Å². The van der Waals surface area contributed by atoms with Gasteiger partial charge in [-0.15, -0.1) is 11.3 Å². The van der Waals surface area contributed by atoms with Gasteiger partial charge < -0.3 is 10.2 Å². The van der Waals surface area contributed by atoms with Crippen LogP contribution < -0.4 is 5.32 Å². The van der Waals surface area contributed by atoms with Gasteiger partial charge in [0.1, 0.15) is 0 Å². The van der Waals surface area contributed by atoms with Crippen LogP contribution in [-0.4, -0.2) is 38.6 Å². The largest absolute Gasteiger partial charge is 0.317 e. The monoisotopic (exact) mass is 240 g/mol. The van der Waals surface area contributed by atoms with E-state index in [-0.39, 0.29) is 0 Å². The number of nitrogens with one attached hydrogen (secondary N) is 1. The summed E-state index contributed by atoms with van der Waals surface area (Å²) >= 11 is 1.87. The van der Waals surface area contributed by atoms with Gasteiger partial charge in [-0.25, -0.2) is 0 Å². The van der Waals surface area contributed by atoms with Crippen LogP contribution >= 0.6 is 11.3 Å². The average Bonchev–Trinajstić information content (AvgIpc) is 2.74. The number of nitrogens with zero attached hydrogens (tertiary/aromatic N) is 1. The zero-order valence-electron chi connectivity index (χ0n) is 10.5. The Balaban J connectivity index is 1.82. The summed E-state index contributed by atoms with van der Waals surface area (Å²) in [5.74, 6) is 0. The molecule has 0 aliphatic rings. The van der Waals surface area contributed by atoms with E-state index in [1.165, 1.54) is 43.6 Å². The van der Waals surface area contributed by atoms with Crippen LogP contribution in [0.2, 0.25) is 0 Å². The maximum Gasteiger partial charge on any atom is 0.00452 e. The Hall–Kier alpha value is -0.380. The van der Waals surface area contributed by atoms with Crippen LogP contribution in [0.5, 0.6) is 0 Å². The van der Waals surface area contributed by atoms with Crippen LogP contribution in [0.1, 0.15) is 24.1 Å². The predicted octanol–water partition coefficient (Wildman–Crippen LogP) is 2.61. The van der Waals surface area contributed by atoms with Crippen molar-refractivity contribution in [2.75, 3.05) is 33.7 Å². The highest BCUT2D eigenvalue weighted by molar-refractivity contribution is 7.09. The van der Waals surface area contributed by atoms with Crippen LogP contribution in [0, 0.1) is 0 Å². The maximum absolute atomic E-state index is 3.50. The molecule has 0 bridgehead atoms. The molecule has 1 N–H and O–H groups in total. The summed E-state index contributed by atoms with van der Waals surface area (Å²) < 4.78 is 0. The van der Waals surface area contributed by atoms with Crippen LogP contribution in [-0.2, 0) is 6.42 Å². The SMILES string of the molecule is CN(C)CCCNCCCCc1cccs1. The first kappa shape index (κ1) is 13.7. The summed E-state index contributed by atoms with van der Waals surface area (Å²) in [4.78, 5) is 3.76. The molecule has 0 radical (unpaired) electrons. The first-order chi connectivity index (χ1) is 7.79. The molecule has 0 aromatic carbocycles. The van der Waals surface area contributed by atoms with Gasteiger partial charge in [0.05, 0.1) is 0 Å². The van der Waals surface area contributed by atoms with E-state index >= 15 is 0 Å². The van der Waals surface area contributed by atoms with Crippen molar-refractivity contribution in [3.8, 4) is 0 Å². The topological polar surface area (TPSA) is 15.3 Å². The van der Waals surface area contributed by atoms with Crippen LogP contribution in [0.4, 0.5) is 0 Å². The molecule has 0 saturated carbocycles. The number of hydrogen-bond donors (Lipinski definition) is 1. The Morgan fingerprint density at radius 3 is 2.69 bits per heavy atom. The molecule has 2 nitrogen and oxygen atoms in total. The van der Waals surface area contributed by atoms with Gasteiger partial charge in [-0.3, -0.25) is 0 Å². The van der Waals surface area contributed by atoms with Gasteiger partial charge in [0.2, 0.25) is 0 Å². The van der Waals surface area contributed by atoms with Crippen molar-refractivity contribution in [1.82, 2.24) is 10.2 Å². The van der Waals surface area contributed by atoms with Crippen molar-refractivity contribution >= 4 is 11.3 Å². The summed E-state index contributed by atoms with van der Waals surface area (Å²) in [7, 11) is 4.25. The molecule has 0 amide bonds. The highest BCUT2D eigenvalue weighted by Gasteiger charge is 1.94. The second kappa shape index (κ2) is 8.74. The lowest BCUT2D eigenvalue weighted by Gasteiger charge is -2.09. The van der Waals surface area contributed by atoms with E-state index in [2.05, 4.69) is 41.8 Å². The standard InChI is InChI=1S/C13H24N2S/c1-15(2)11-6-10-14-9-4-3-7-13-8-5-12-16-13/h5,8,12,14H,3-4,6-7,9-11H2,1-2H3. The third-order valence-corrected chi connectivity index (χ3v) is 3.50. The van der Waals surface area contributed by atoms with Crippen molar-refractivity contribution in [3.63, 3.8) is 0 Å². The van der Waals surface area contributed by atoms with Crippen LogP contribution in [0.25, 0.3) is 0 Å². The second-order valence-corrected chi connectivity index (χ2v) is 5.48. The van der Waals surface area contributed by atoms with Crippen molar-refractivity contribution in [3.05, 3.63) is 22.4 Å². The third kappa shape index (κ3) is 6.99. The molecule has 0 aliphatic carbocycles. The summed E-state index contributed by atoms with van der Waals surface area (Å²) in [5, 5.41) is 5.66. The van der Waals surface area contributed by atoms with E-state index in [1.807, 2.05) is 11.3 Å². The predicted molar refractivity (Wildman–Crippen MR) is 73.3 cm³/mol. The summed E-state index contributed by atoms with van der Waals surface area (Å²) in [5.41, 5.74) is 0. The number of hydrogen-bond acceptors (Lipinski definition) is 3. The number of rotatable bonds is 9. The highest BCUT2D eigenvalue weighted by Crippen LogP contribution is 2.11. The van der Waals surface area contributed by atoms with Crippen molar-refractivity contribution < 1.29 is 0 Å². The molecule has 0 unspecified atom stereocenters. The molecule has 3 heteroatoms. The molecule has 0 aliphatic heterocycles. The molecule has 0 spiro atoms. The van der Waals surface area contributed by atoms with Gasteiger partial charge in [0, 0.05) is 4.88 Å². The minimum absolute atomic E-state index is 1.15. The lowest BCUT2D eigenvalue weighted by Crippen LogP contribution is -2.22. The molecular weight excluding hydrogens is 216 g/mol. The fourth-order valence-corrected chi connectivity index (χ4v) is 2.40. The van der Waals surface area contributed by atoms with Gasteiger partial charge in [-0.05, 0) is 70.9 Å². The van der Waals surface area contributed by atoms with Crippen molar-refractivity contribution in [1.29, 1.82) is 0 Å². The first-order valence-corrected chi connectivity index (χ1v) is 7.05. The van der Waals surface area contributed by atoms with E-state index in [0.29, 0.717) is 0 Å². The van der Waals surface area contributed by atoms with E-state index in [0.717, 1.165) is 6.54 Å². The van der Waals surface area contributed by atoms with Crippen LogP contribution in [0.15, 0.2) is 17.5 Å². The molecule has 1 aromatic heterocycles. The molecule has 16 heavy (non-hydrogen) atoms. The number of thiophene rings is 1. The molecule has 0 saturated heterocycles. The fraction of sp³-hybridized carbons (Fsp3) is 0.692. The Labute approximate surface area is 104 Å². The lowest BCUT2D eigenvalue weighted by molar-refractivity contribution is 0.394. The van der Waals surface area contributed by atoms with Crippen molar-refractivity contribution in [2.24, 2.45) is 0 Å². The van der Waals surface area contributed by atoms with Gasteiger partial charge in [-0.2, -0.15) is 0 Å². The summed E-state index contributed by atoms with van der Waals surface area (Å²) in [6, 6.07) is 4.37. The molecule has 1 aromatic rings. The minimum Gasteiger partial charge on any atom is -0.317 e. The maximum atomic E-state index is 3.50. The van der Waals surface area contributed by atoms with Crippen molar-refractivity contribution in [2.45, 2.75) is 25.7 Å². The quantitative estimate of drug-likeness (QED) is 0.668. The van der Waals surface area contributed by atoms with Gasteiger partial charge in [-0.1, -0.05) is 6.07 Å². The van der Waals surface area contributed by atoms with E-state index < -0.39 is 0 Å². The average molecular weight is 240 g/mol. The smallest absolute Gasteiger partial charge is 0.00452 e. The Morgan fingerprint density at radius 2 is 2.00 bits per heavy atom. The normalized spacial score (nSPS) is 11.2.